The summed E-state index contributed by atoms with van der Waals surface area (Å²) in [5, 5.41) is 3.15. The van der Waals surface area contributed by atoms with Crippen molar-refractivity contribution in [3.63, 3.8) is 0 Å². The number of aryl methyl sites for hydroxylation is 1. The number of amides is 1. The number of nitrogens with zero attached hydrogens (tertiary/aromatic N) is 3. The molecule has 0 bridgehead atoms. The summed E-state index contributed by atoms with van der Waals surface area (Å²) in [6.07, 6.45) is 8.97. The molecule has 24 heavy (non-hydrogen) atoms. The first-order valence-corrected chi connectivity index (χ1v) is 8.16. The second-order valence-corrected chi connectivity index (χ2v) is 6.25. The molecule has 4 heterocycles. The van der Waals surface area contributed by atoms with Gasteiger partial charge < -0.3 is 19.0 Å². The molecule has 0 unspecified atom stereocenters. The van der Waals surface area contributed by atoms with Gasteiger partial charge in [-0.25, -0.2) is 4.98 Å². The van der Waals surface area contributed by atoms with Crippen molar-refractivity contribution >= 4 is 11.4 Å². The lowest BCUT2D eigenvalue weighted by Gasteiger charge is -2.30. The minimum absolute atomic E-state index is 0.0235. The summed E-state index contributed by atoms with van der Waals surface area (Å²) in [6.45, 7) is 0.637. The van der Waals surface area contributed by atoms with Crippen LogP contribution < -0.4 is 5.32 Å². The lowest BCUT2D eigenvalue weighted by atomic mass is 10.0. The maximum absolute atomic E-state index is 12.6. The maximum atomic E-state index is 12.6. The highest BCUT2D eigenvalue weighted by molar-refractivity contribution is 5.95. The van der Waals surface area contributed by atoms with E-state index >= 15 is 0 Å². The zero-order valence-electron chi connectivity index (χ0n) is 13.6. The molecule has 0 radical (unpaired) electrons. The molecule has 0 aliphatic carbocycles. The average molecular weight is 324 g/mol. The van der Waals surface area contributed by atoms with Gasteiger partial charge in [-0.2, -0.15) is 0 Å². The van der Waals surface area contributed by atoms with Crippen molar-refractivity contribution in [2.24, 2.45) is 7.05 Å². The zero-order valence-corrected chi connectivity index (χ0v) is 13.6. The molecule has 1 amide bonds. The van der Waals surface area contributed by atoms with Crippen LogP contribution in [0.1, 0.15) is 35.0 Å². The van der Waals surface area contributed by atoms with Crippen LogP contribution in [0.4, 0.5) is 0 Å². The van der Waals surface area contributed by atoms with Gasteiger partial charge in [0.15, 0.2) is 0 Å². The molecule has 1 aliphatic rings. The van der Waals surface area contributed by atoms with Crippen LogP contribution in [0.2, 0.25) is 0 Å². The zero-order chi connectivity index (χ0) is 16.5. The first-order valence-electron chi connectivity index (χ1n) is 8.16. The molecule has 124 valence electrons. The van der Waals surface area contributed by atoms with Gasteiger partial charge in [-0.3, -0.25) is 4.79 Å². The summed E-state index contributed by atoms with van der Waals surface area (Å²) in [5.74, 6) is -0.0330. The summed E-state index contributed by atoms with van der Waals surface area (Å²) in [4.78, 5) is 16.7. The Balaban J connectivity index is 1.46. The van der Waals surface area contributed by atoms with Gasteiger partial charge in [-0.15, -0.1) is 0 Å². The van der Waals surface area contributed by atoms with Gasteiger partial charge in [0, 0.05) is 37.6 Å². The fourth-order valence-electron chi connectivity index (χ4n) is 3.26. The fraction of sp³-hybridized carbons (Fsp3) is 0.333. The number of rotatable bonds is 3. The van der Waals surface area contributed by atoms with E-state index in [1.165, 1.54) is 0 Å². The third-order valence-electron chi connectivity index (χ3n) is 4.57. The summed E-state index contributed by atoms with van der Waals surface area (Å²) >= 11 is 0. The number of nitrogens with one attached hydrogen (secondary N) is 1. The SMILES string of the molecule is Cn1cncc1[C@@H]1C[C@H](NC(=O)c2cc3ccccn3c2)CCO1. The minimum atomic E-state index is -0.0330. The molecule has 1 N–H and O–H groups in total. The highest BCUT2D eigenvalue weighted by atomic mass is 16.5. The predicted octanol–water partition coefficient (Wildman–Crippen LogP) is 2.32. The van der Waals surface area contributed by atoms with Gasteiger partial charge in [0.05, 0.1) is 23.8 Å². The van der Waals surface area contributed by atoms with Crippen molar-refractivity contribution in [1.29, 1.82) is 0 Å². The van der Waals surface area contributed by atoms with Crippen molar-refractivity contribution in [3.8, 4) is 0 Å². The first-order chi connectivity index (χ1) is 11.7. The van der Waals surface area contributed by atoms with E-state index in [9.17, 15) is 4.79 Å². The van der Waals surface area contributed by atoms with Gasteiger partial charge in [-0.05, 0) is 31.0 Å². The van der Waals surface area contributed by atoms with Gasteiger partial charge in [0.25, 0.3) is 5.91 Å². The molecule has 1 aliphatic heterocycles. The summed E-state index contributed by atoms with van der Waals surface area (Å²) < 4.78 is 9.78. The summed E-state index contributed by atoms with van der Waals surface area (Å²) in [5.41, 5.74) is 2.75. The number of imidazole rings is 1. The number of fused-ring (bicyclic) bond motifs is 1. The van der Waals surface area contributed by atoms with Crippen molar-refractivity contribution in [2.45, 2.75) is 25.0 Å². The maximum Gasteiger partial charge on any atom is 0.253 e. The second-order valence-electron chi connectivity index (χ2n) is 6.25. The Bertz CT molecular complexity index is 834. The van der Waals surface area contributed by atoms with Crippen LogP contribution >= 0.6 is 0 Å². The molecular weight excluding hydrogens is 304 g/mol. The lowest BCUT2D eigenvalue weighted by molar-refractivity contribution is -0.00301. The van der Waals surface area contributed by atoms with E-state index in [1.54, 1.807) is 6.33 Å². The predicted molar refractivity (Wildman–Crippen MR) is 89.8 cm³/mol. The minimum Gasteiger partial charge on any atom is -0.372 e. The smallest absolute Gasteiger partial charge is 0.253 e. The Morgan fingerprint density at radius 1 is 1.42 bits per heavy atom. The van der Waals surface area contributed by atoms with Crippen LogP contribution in [0.3, 0.4) is 0 Å². The summed E-state index contributed by atoms with van der Waals surface area (Å²) in [6, 6.07) is 7.92. The molecule has 6 heteroatoms. The Kier molecular flexibility index (Phi) is 3.82. The topological polar surface area (TPSA) is 60.6 Å². The standard InChI is InChI=1S/C18H20N4O2/c1-21-12-19-10-16(21)17-9-14(5-7-24-17)20-18(23)13-8-15-4-2-3-6-22(15)11-13/h2-4,6,8,10-12,14,17H,5,7,9H2,1H3,(H,20,23)/t14-,17+/m1/s1. The van der Waals surface area contributed by atoms with Gasteiger partial charge in [0.1, 0.15) is 6.10 Å². The quantitative estimate of drug-likeness (QED) is 0.804. The fourth-order valence-corrected chi connectivity index (χ4v) is 3.26. The molecule has 4 rings (SSSR count). The molecule has 2 atom stereocenters. The lowest BCUT2D eigenvalue weighted by Crippen LogP contribution is -2.40. The Morgan fingerprint density at radius 3 is 3.12 bits per heavy atom. The third-order valence-corrected chi connectivity index (χ3v) is 4.57. The Morgan fingerprint density at radius 2 is 2.33 bits per heavy atom. The van der Waals surface area contributed by atoms with Crippen molar-refractivity contribution < 1.29 is 9.53 Å². The van der Waals surface area contributed by atoms with E-state index < -0.39 is 0 Å². The first kappa shape index (κ1) is 15.0. The number of ether oxygens (including phenoxy) is 1. The molecular formula is C18H20N4O2. The number of hydrogen-bond acceptors (Lipinski definition) is 3. The van der Waals surface area contributed by atoms with E-state index in [1.807, 2.05) is 58.9 Å². The van der Waals surface area contributed by atoms with Gasteiger partial charge in [-0.1, -0.05) is 6.07 Å². The number of aromatic nitrogens is 3. The molecule has 1 fully saturated rings. The number of carbonyl (C=O) groups is 1. The van der Waals surface area contributed by atoms with E-state index in [0.29, 0.717) is 12.2 Å². The van der Waals surface area contributed by atoms with Crippen molar-refractivity contribution in [3.05, 3.63) is 60.4 Å². The molecule has 0 aromatic carbocycles. The van der Waals surface area contributed by atoms with Gasteiger partial charge in [0.2, 0.25) is 0 Å². The van der Waals surface area contributed by atoms with Gasteiger partial charge >= 0.3 is 0 Å². The highest BCUT2D eigenvalue weighted by Crippen LogP contribution is 2.27. The van der Waals surface area contributed by atoms with Crippen LogP contribution in [0.15, 0.2) is 49.2 Å². The van der Waals surface area contributed by atoms with Crippen LogP contribution in [0.5, 0.6) is 0 Å². The normalized spacial score (nSPS) is 21.0. The Labute approximate surface area is 140 Å². The van der Waals surface area contributed by atoms with E-state index in [0.717, 1.165) is 24.1 Å². The van der Waals surface area contributed by atoms with Crippen LogP contribution in [0, 0.1) is 0 Å². The van der Waals surface area contributed by atoms with Crippen LogP contribution in [0.25, 0.3) is 5.52 Å². The van der Waals surface area contributed by atoms with E-state index in [-0.39, 0.29) is 18.1 Å². The Hall–Kier alpha value is -2.60. The monoisotopic (exact) mass is 324 g/mol. The molecule has 0 saturated carbocycles. The highest BCUT2D eigenvalue weighted by Gasteiger charge is 2.27. The van der Waals surface area contributed by atoms with Crippen molar-refractivity contribution in [2.75, 3.05) is 6.61 Å². The third kappa shape index (κ3) is 2.80. The molecule has 1 saturated heterocycles. The largest absolute Gasteiger partial charge is 0.372 e. The van der Waals surface area contributed by atoms with E-state index in [2.05, 4.69) is 10.3 Å². The van der Waals surface area contributed by atoms with E-state index in [4.69, 9.17) is 4.74 Å². The number of carbonyl (C=O) groups excluding carboxylic acids is 1. The van der Waals surface area contributed by atoms with Crippen LogP contribution in [-0.2, 0) is 11.8 Å². The molecule has 0 spiro atoms. The second kappa shape index (κ2) is 6.13. The average Bonchev–Trinajstić information content (AvgIpc) is 3.21. The molecule has 3 aromatic rings. The molecule has 6 nitrogen and oxygen atoms in total. The number of pyridine rings is 1. The summed E-state index contributed by atoms with van der Waals surface area (Å²) in [7, 11) is 1.96. The molecule has 3 aromatic heterocycles. The van der Waals surface area contributed by atoms with Crippen molar-refractivity contribution in [1.82, 2.24) is 19.3 Å². The van der Waals surface area contributed by atoms with Crippen LogP contribution in [-0.4, -0.2) is 32.5 Å². The number of hydrogen-bond donors (Lipinski definition) is 1.